The molecule has 0 N–H and O–H groups in total. The zero-order valence-corrected chi connectivity index (χ0v) is 35.8. The number of unbranched alkanes of at least 4 members (excludes halogenated alkanes) is 2. The van der Waals surface area contributed by atoms with Gasteiger partial charge in [0.25, 0.3) is 0 Å². The molecule has 0 aliphatic heterocycles. The molecule has 0 radical (unpaired) electrons. The molecule has 0 nitrogen and oxygen atoms in total. The van der Waals surface area contributed by atoms with Gasteiger partial charge in [-0.25, -0.2) is 12.2 Å². The Kier molecular flexibility index (Phi) is 18.4. The summed E-state index contributed by atoms with van der Waals surface area (Å²) in [6.07, 6.45) is 18.3. The van der Waals surface area contributed by atoms with Crippen LogP contribution in [0.2, 0.25) is 0 Å². The molecule has 0 fully saturated rings. The minimum Gasteiger partial charge on any atom is -1.00 e. The van der Waals surface area contributed by atoms with Gasteiger partial charge >= 0.3 is 79.8 Å². The van der Waals surface area contributed by atoms with E-state index >= 15 is 0 Å². The first-order valence-corrected chi connectivity index (χ1v) is 18.5. The van der Waals surface area contributed by atoms with Gasteiger partial charge in [0.15, 0.2) is 0 Å². The van der Waals surface area contributed by atoms with Crippen LogP contribution < -0.4 is 24.8 Å². The van der Waals surface area contributed by atoms with Crippen molar-refractivity contribution in [3.8, 4) is 0 Å². The van der Waals surface area contributed by atoms with Gasteiger partial charge < -0.3 is 24.8 Å². The van der Waals surface area contributed by atoms with Gasteiger partial charge in [0, 0.05) is 0 Å². The van der Waals surface area contributed by atoms with Crippen LogP contribution in [0.15, 0.2) is 48.6 Å². The Hall–Kier alpha value is -0.877. The monoisotopic (exact) mass is 740 g/mol. The number of rotatable bonds is 6. The van der Waals surface area contributed by atoms with Gasteiger partial charge in [0.1, 0.15) is 0 Å². The summed E-state index contributed by atoms with van der Waals surface area (Å²) in [7, 11) is 0. The first-order chi connectivity index (χ1) is 20.2. The Morgan fingerprint density at radius 3 is 1.22 bits per heavy atom. The van der Waals surface area contributed by atoms with Gasteiger partial charge in [-0.2, -0.15) is 6.08 Å². The fourth-order valence-corrected chi connectivity index (χ4v) is 6.70. The second-order valence-electron chi connectivity index (χ2n) is 16.9. The third-order valence-electron chi connectivity index (χ3n) is 8.46. The van der Waals surface area contributed by atoms with Crippen LogP contribution >= 0.6 is 0 Å². The van der Waals surface area contributed by atoms with Crippen molar-refractivity contribution in [2.45, 2.75) is 164 Å². The number of fused-ring (bicyclic) bond motifs is 3. The summed E-state index contributed by atoms with van der Waals surface area (Å²) in [4.78, 5) is 0. The molecule has 0 atom stereocenters. The maximum atomic E-state index is 2.99. The van der Waals surface area contributed by atoms with Gasteiger partial charge in [-0.05, 0) is 21.7 Å². The molecular formula is C43H64Cl2Zr-2. The predicted octanol–water partition coefficient (Wildman–Crippen LogP) is 7.30. The van der Waals surface area contributed by atoms with Crippen LogP contribution in [0.1, 0.15) is 164 Å². The summed E-state index contributed by atoms with van der Waals surface area (Å²) in [5.74, 6) is 0. The van der Waals surface area contributed by atoms with Gasteiger partial charge in [0.2, 0.25) is 0 Å². The van der Waals surface area contributed by atoms with Crippen molar-refractivity contribution in [2.75, 3.05) is 0 Å². The van der Waals surface area contributed by atoms with E-state index < -0.39 is 0 Å². The van der Waals surface area contributed by atoms with Crippen LogP contribution in [0.25, 0.3) is 21.5 Å². The number of hydrogen-bond acceptors (Lipinski definition) is 0. The van der Waals surface area contributed by atoms with Crippen LogP contribution in [0.4, 0.5) is 0 Å². The molecule has 3 aromatic rings. The summed E-state index contributed by atoms with van der Waals surface area (Å²) in [5.41, 5.74) is 6.40. The van der Waals surface area contributed by atoms with E-state index in [0.717, 1.165) is 6.42 Å². The molecule has 256 valence electrons. The van der Waals surface area contributed by atoms with Crippen molar-refractivity contribution >= 4 is 24.8 Å². The summed E-state index contributed by atoms with van der Waals surface area (Å²) < 4.78 is 1.79. The van der Waals surface area contributed by atoms with Crippen LogP contribution in [-0.2, 0) is 45.9 Å². The molecule has 0 amide bonds. The van der Waals surface area contributed by atoms with Crippen molar-refractivity contribution in [2.24, 2.45) is 0 Å². The Labute approximate surface area is 312 Å². The van der Waals surface area contributed by atoms with Gasteiger partial charge in [-0.1, -0.05) is 117 Å². The van der Waals surface area contributed by atoms with Crippen molar-refractivity contribution in [3.63, 3.8) is 0 Å². The quantitative estimate of drug-likeness (QED) is 0.233. The second-order valence-corrected chi connectivity index (χ2v) is 18.7. The third kappa shape index (κ3) is 13.2. The van der Waals surface area contributed by atoms with E-state index in [2.05, 4.69) is 139 Å². The van der Waals surface area contributed by atoms with Crippen LogP contribution in [0, 0.1) is 6.08 Å². The van der Waals surface area contributed by atoms with Gasteiger partial charge in [-0.3, -0.25) is 6.08 Å². The molecule has 0 saturated heterocycles. The van der Waals surface area contributed by atoms with Crippen molar-refractivity contribution < 1.29 is 49.0 Å². The summed E-state index contributed by atoms with van der Waals surface area (Å²) in [6.45, 7) is 32.6. The zero-order chi connectivity index (χ0) is 33.5. The molecule has 0 spiro atoms. The van der Waals surface area contributed by atoms with Crippen molar-refractivity contribution in [3.05, 3.63) is 76.9 Å². The minimum atomic E-state index is 0. The molecule has 1 aliphatic rings. The van der Waals surface area contributed by atoms with E-state index in [1.807, 2.05) is 12.2 Å². The molecule has 0 heterocycles. The predicted molar refractivity (Wildman–Crippen MR) is 197 cm³/mol. The molecule has 0 bridgehead atoms. The van der Waals surface area contributed by atoms with E-state index in [4.69, 9.17) is 0 Å². The number of halogens is 2. The maximum absolute atomic E-state index is 2.99. The largest absolute Gasteiger partial charge is 1.00 e. The average molecular weight is 743 g/mol. The van der Waals surface area contributed by atoms with E-state index in [1.54, 1.807) is 27.4 Å². The Bertz CT molecular complexity index is 1330. The first kappa shape index (κ1) is 45.1. The standard InChI is InChI=1S/C29H41.C9H18.C5H5.2ClH.Zr/c1-26(2,3)22-14-18-13-19-15-23(27(4,5)6)25(29(10,11)12)17-21(19)20(18)16-24(22)28(7,8)9;1-3-5-7-9-8-6-4-2;1-2-4-5-3-1;;;/h13-17H,1-12H3;3-8H2,1-2H3;1-3H,4H2;2*1H;/q-1;;-1;;;+2/p-2. The van der Waals surface area contributed by atoms with E-state index in [1.165, 1.54) is 82.3 Å². The van der Waals surface area contributed by atoms with Crippen molar-refractivity contribution in [1.29, 1.82) is 0 Å². The molecule has 1 aliphatic carbocycles. The molecule has 3 heteroatoms. The summed E-state index contributed by atoms with van der Waals surface area (Å²) >= 11 is 1.67. The van der Waals surface area contributed by atoms with Crippen LogP contribution in [0.5, 0.6) is 0 Å². The minimum absolute atomic E-state index is 0. The average Bonchev–Trinajstić information content (AvgIpc) is 3.59. The summed E-state index contributed by atoms with van der Waals surface area (Å²) in [6, 6.07) is 12.3. The fraction of sp³-hybridized carbons (Fsp3) is 0.581. The third-order valence-corrected chi connectivity index (χ3v) is 9.69. The fourth-order valence-electron chi connectivity index (χ4n) is 5.83. The first-order valence-electron chi connectivity index (χ1n) is 17.2. The van der Waals surface area contributed by atoms with E-state index in [0.29, 0.717) is 0 Å². The van der Waals surface area contributed by atoms with Gasteiger partial charge in [-0.15, -0.1) is 46.2 Å². The molecule has 0 saturated carbocycles. The molecule has 3 aromatic carbocycles. The van der Waals surface area contributed by atoms with Crippen LogP contribution in [-0.4, -0.2) is 3.21 Å². The maximum Gasteiger partial charge on any atom is -0.109 e. The number of hydrogen-bond donors (Lipinski definition) is 0. The van der Waals surface area contributed by atoms with E-state index in [9.17, 15) is 0 Å². The van der Waals surface area contributed by atoms with Crippen LogP contribution in [0.3, 0.4) is 0 Å². The second kappa shape index (κ2) is 18.8. The Morgan fingerprint density at radius 2 is 0.978 bits per heavy atom. The molecule has 0 aromatic heterocycles. The normalized spacial score (nSPS) is 13.0. The number of benzene rings is 2. The molecule has 4 rings (SSSR count). The molecule has 46 heavy (non-hydrogen) atoms. The Balaban J connectivity index is 0.000000988. The van der Waals surface area contributed by atoms with Crippen molar-refractivity contribution in [1.82, 2.24) is 0 Å². The summed E-state index contributed by atoms with van der Waals surface area (Å²) in [5, 5.41) is 5.57. The van der Waals surface area contributed by atoms with Gasteiger partial charge in [0.05, 0.1) is 0 Å². The molecule has 0 unspecified atom stereocenters. The number of allylic oxidation sites excluding steroid dienone is 4. The topological polar surface area (TPSA) is 0 Å². The van der Waals surface area contributed by atoms with E-state index in [-0.39, 0.29) is 46.5 Å². The zero-order valence-electron chi connectivity index (χ0n) is 31.8. The SMILES string of the molecule is CC(C)(C)c1cc2[cH-]c3cc(C(C)(C)C)c(C(C)(C)C)cc3c2cc1C(C)(C)C.CCCC[C](=[Zr+2])CCCC.[C-]1=CC=CC1.[Cl-].[Cl-]. The smallest absolute Gasteiger partial charge is 0.109 e. The Morgan fingerprint density at radius 1 is 0.630 bits per heavy atom. The molecular weight excluding hydrogens is 679 g/mol.